The highest BCUT2D eigenvalue weighted by molar-refractivity contribution is 5.90. The topological polar surface area (TPSA) is 92.2 Å². The molecule has 2 N–H and O–H groups in total. The summed E-state index contributed by atoms with van der Waals surface area (Å²) >= 11 is 0. The van der Waals surface area contributed by atoms with Crippen molar-refractivity contribution in [3.05, 3.63) is 59.4 Å². The molecule has 2 fully saturated rings. The van der Waals surface area contributed by atoms with Crippen LogP contribution >= 0.6 is 0 Å². The first-order valence-corrected chi connectivity index (χ1v) is 12.8. The molecule has 5 rings (SSSR count). The molecule has 0 bridgehead atoms. The number of hydrogen-bond acceptors (Lipinski definition) is 5. The lowest BCUT2D eigenvalue weighted by Gasteiger charge is -2.27. The minimum Gasteiger partial charge on any atom is -0.350 e. The van der Waals surface area contributed by atoms with Crippen molar-refractivity contribution in [1.29, 1.82) is 0 Å². The highest BCUT2D eigenvalue weighted by atomic mass is 19.1. The minimum atomic E-state index is -0.572. The molecule has 2 amide bonds. The van der Waals surface area contributed by atoms with Crippen molar-refractivity contribution in [1.82, 2.24) is 30.5 Å². The average molecular weight is 493 g/mol. The van der Waals surface area contributed by atoms with Crippen LogP contribution in [0.4, 0.5) is 4.39 Å². The second-order valence-electron chi connectivity index (χ2n) is 10.1. The molecule has 36 heavy (non-hydrogen) atoms. The highest BCUT2D eigenvalue weighted by Crippen LogP contribution is 2.30. The predicted molar refractivity (Wildman–Crippen MR) is 134 cm³/mol. The quantitative estimate of drug-likeness (QED) is 0.529. The first kappa shape index (κ1) is 24.4. The largest absolute Gasteiger partial charge is 0.350 e. The summed E-state index contributed by atoms with van der Waals surface area (Å²) in [7, 11) is 1.84. The van der Waals surface area contributed by atoms with Crippen LogP contribution in [0.25, 0.3) is 11.0 Å². The summed E-state index contributed by atoms with van der Waals surface area (Å²) in [6, 6.07) is 11.7. The molecule has 2 saturated heterocycles. The lowest BCUT2D eigenvalue weighted by atomic mass is 9.96. The van der Waals surface area contributed by atoms with Gasteiger partial charge in [-0.1, -0.05) is 42.8 Å². The van der Waals surface area contributed by atoms with Gasteiger partial charge in [0, 0.05) is 20.1 Å². The van der Waals surface area contributed by atoms with Gasteiger partial charge in [0.05, 0.1) is 11.6 Å². The molecule has 3 heterocycles. The van der Waals surface area contributed by atoms with E-state index in [4.69, 9.17) is 0 Å². The molecule has 0 radical (unpaired) electrons. The van der Waals surface area contributed by atoms with E-state index in [1.165, 1.54) is 6.07 Å². The van der Waals surface area contributed by atoms with Crippen LogP contribution < -0.4 is 10.6 Å². The summed E-state index contributed by atoms with van der Waals surface area (Å²) in [5.74, 6) is 0.0395. The Balaban J connectivity index is 1.30. The summed E-state index contributed by atoms with van der Waals surface area (Å²) in [5.41, 5.74) is 3.23. The molecule has 4 atom stereocenters. The molecule has 0 aliphatic carbocycles. The third-order valence-corrected chi connectivity index (χ3v) is 7.68. The Hall–Kier alpha value is -3.33. The number of nitrogens with zero attached hydrogens (tertiary/aromatic N) is 4. The average Bonchev–Trinajstić information content (AvgIpc) is 3.62. The Morgan fingerprint density at radius 1 is 1.17 bits per heavy atom. The molecule has 2 aliphatic heterocycles. The first-order chi connectivity index (χ1) is 17.4. The fourth-order valence-electron chi connectivity index (χ4n) is 5.55. The van der Waals surface area contributed by atoms with Crippen LogP contribution in [-0.2, 0) is 29.6 Å². The molecule has 0 unspecified atom stereocenters. The molecule has 1 aromatic heterocycles. The normalized spacial score (nSPS) is 23.9. The summed E-state index contributed by atoms with van der Waals surface area (Å²) in [5, 5.41) is 14.5. The number of amides is 2. The zero-order valence-corrected chi connectivity index (χ0v) is 20.8. The second-order valence-corrected chi connectivity index (χ2v) is 10.1. The molecule has 3 aromatic rings. The monoisotopic (exact) mass is 492 g/mol. The molecule has 9 heteroatoms. The third kappa shape index (κ3) is 4.97. The third-order valence-electron chi connectivity index (χ3n) is 7.68. The number of aromatic nitrogens is 3. The van der Waals surface area contributed by atoms with E-state index in [-0.39, 0.29) is 29.6 Å². The van der Waals surface area contributed by atoms with Gasteiger partial charge in [-0.25, -0.2) is 9.07 Å². The van der Waals surface area contributed by atoms with E-state index in [0.29, 0.717) is 37.4 Å². The maximum absolute atomic E-state index is 14.3. The first-order valence-electron chi connectivity index (χ1n) is 12.8. The van der Waals surface area contributed by atoms with Gasteiger partial charge in [-0.15, -0.1) is 5.10 Å². The number of halogens is 1. The number of nitrogens with one attached hydrogen (secondary N) is 2. The van der Waals surface area contributed by atoms with E-state index in [1.54, 1.807) is 21.7 Å². The van der Waals surface area contributed by atoms with E-state index < -0.39 is 6.04 Å². The van der Waals surface area contributed by atoms with Crippen LogP contribution in [0.1, 0.15) is 37.3 Å². The van der Waals surface area contributed by atoms with Crippen molar-refractivity contribution in [3.63, 3.8) is 0 Å². The van der Waals surface area contributed by atoms with Crippen LogP contribution in [0.2, 0.25) is 0 Å². The van der Waals surface area contributed by atoms with Gasteiger partial charge in [0.15, 0.2) is 0 Å². The summed E-state index contributed by atoms with van der Waals surface area (Å²) in [6.45, 7) is 3.74. The second kappa shape index (κ2) is 10.3. The van der Waals surface area contributed by atoms with Crippen molar-refractivity contribution < 1.29 is 14.0 Å². The fourth-order valence-corrected chi connectivity index (χ4v) is 5.55. The van der Waals surface area contributed by atoms with Crippen molar-refractivity contribution in [3.8, 4) is 0 Å². The molecule has 8 nitrogen and oxygen atoms in total. The molecule has 2 aromatic carbocycles. The van der Waals surface area contributed by atoms with Crippen molar-refractivity contribution in [2.75, 3.05) is 13.1 Å². The molecular weight excluding hydrogens is 459 g/mol. The van der Waals surface area contributed by atoms with E-state index in [0.717, 1.165) is 36.0 Å². The predicted octanol–water partition coefficient (Wildman–Crippen LogP) is 2.57. The standard InChI is InChI=1S/C27H33FN6O2/c1-3-17-11-23(29-14-17)27(36)34-16-19(10-20-6-4-5-7-21(20)28)13-25(34)26(35)30-15-18-8-9-24-22(12-18)31-32-33(24)2/h4-9,12,17,19,23,25,29H,3,10-11,13-16H2,1-2H3,(H,30,35)/t17-,19-,23-,25+/m1/s1. The number of carbonyl (C=O) groups excluding carboxylic acids is 2. The molecule has 0 spiro atoms. The Morgan fingerprint density at radius 3 is 2.78 bits per heavy atom. The lowest BCUT2D eigenvalue weighted by Crippen LogP contribution is -2.51. The maximum Gasteiger partial charge on any atom is 0.243 e. The van der Waals surface area contributed by atoms with E-state index in [9.17, 15) is 14.0 Å². The van der Waals surface area contributed by atoms with E-state index >= 15 is 0 Å². The van der Waals surface area contributed by atoms with E-state index in [1.807, 2.05) is 31.3 Å². The van der Waals surface area contributed by atoms with Gasteiger partial charge >= 0.3 is 0 Å². The number of aryl methyl sites for hydroxylation is 1. The highest BCUT2D eigenvalue weighted by Gasteiger charge is 2.43. The molecule has 2 aliphatic rings. The van der Waals surface area contributed by atoms with Crippen LogP contribution in [-0.4, -0.2) is 56.9 Å². The van der Waals surface area contributed by atoms with Crippen LogP contribution in [0.3, 0.4) is 0 Å². The van der Waals surface area contributed by atoms with Crippen LogP contribution in [0, 0.1) is 17.7 Å². The van der Waals surface area contributed by atoms with Gasteiger partial charge in [-0.2, -0.15) is 0 Å². The van der Waals surface area contributed by atoms with Gasteiger partial charge in [0.2, 0.25) is 11.8 Å². The summed E-state index contributed by atoms with van der Waals surface area (Å²) in [4.78, 5) is 28.6. The number of likely N-dealkylation sites (tertiary alicyclic amines) is 1. The van der Waals surface area contributed by atoms with Crippen LogP contribution in [0.5, 0.6) is 0 Å². The zero-order chi connectivity index (χ0) is 25.2. The van der Waals surface area contributed by atoms with Gasteiger partial charge in [0.1, 0.15) is 17.4 Å². The maximum atomic E-state index is 14.3. The van der Waals surface area contributed by atoms with Crippen molar-refractivity contribution in [2.24, 2.45) is 18.9 Å². The van der Waals surface area contributed by atoms with E-state index in [2.05, 4.69) is 27.9 Å². The van der Waals surface area contributed by atoms with Crippen molar-refractivity contribution >= 4 is 22.8 Å². The zero-order valence-electron chi connectivity index (χ0n) is 20.8. The van der Waals surface area contributed by atoms with Gasteiger partial charge in [-0.05, 0) is 67.0 Å². The Bertz CT molecular complexity index is 1260. The summed E-state index contributed by atoms with van der Waals surface area (Å²) in [6.07, 6.45) is 2.82. The van der Waals surface area contributed by atoms with Gasteiger partial charge < -0.3 is 15.5 Å². The summed E-state index contributed by atoms with van der Waals surface area (Å²) < 4.78 is 16.0. The Morgan fingerprint density at radius 2 is 2.00 bits per heavy atom. The van der Waals surface area contributed by atoms with Gasteiger partial charge in [0.25, 0.3) is 0 Å². The van der Waals surface area contributed by atoms with Crippen LogP contribution in [0.15, 0.2) is 42.5 Å². The SMILES string of the molecule is CC[C@H]1CN[C@@H](C(=O)N2C[C@H](Cc3ccccc3F)C[C@H]2C(=O)NCc2ccc3c(c2)nnn3C)C1. The number of carbonyl (C=O) groups is 2. The molecule has 0 saturated carbocycles. The molecule has 190 valence electrons. The number of hydrogen-bond donors (Lipinski definition) is 2. The Labute approximate surface area is 210 Å². The fraction of sp³-hybridized carbons (Fsp3) is 0.481. The number of rotatable bonds is 7. The minimum absolute atomic E-state index is 0.0147. The smallest absolute Gasteiger partial charge is 0.243 e. The molecular formula is C27H33FN6O2. The Kier molecular flexibility index (Phi) is 7.00. The van der Waals surface area contributed by atoms with Gasteiger partial charge in [-0.3, -0.25) is 9.59 Å². The number of fused-ring (bicyclic) bond motifs is 1. The lowest BCUT2D eigenvalue weighted by molar-refractivity contribution is -0.139. The van der Waals surface area contributed by atoms with Crippen molar-refractivity contribution in [2.45, 2.75) is 51.2 Å². The number of benzene rings is 2.